The molecule has 5 rings (SSSR count). The highest BCUT2D eigenvalue weighted by Gasteiger charge is 2.51. The molecule has 2 heterocycles. The van der Waals surface area contributed by atoms with Crippen molar-refractivity contribution < 1.29 is 20.5 Å². The molecule has 0 unspecified atom stereocenters. The van der Waals surface area contributed by atoms with Crippen LogP contribution in [0.3, 0.4) is 0 Å². The molecule has 1 aliphatic carbocycles. The first-order chi connectivity index (χ1) is 15.5. The molecule has 0 saturated heterocycles. The Labute approximate surface area is 187 Å². The number of pyridine rings is 1. The number of amides is 2. The lowest BCUT2D eigenvalue weighted by Crippen LogP contribution is -2.28. The SMILES string of the molecule is CN(C)C(=O)c1ccc(-c2cccc(NC(=O)C3(c4ccc5c(c4)OCO5)CC3)n2)cc1.[HH]. The van der Waals surface area contributed by atoms with E-state index in [1.807, 2.05) is 42.5 Å². The second-order valence-corrected chi connectivity index (χ2v) is 8.29. The minimum absolute atomic E-state index is 0. The molecule has 1 saturated carbocycles. The van der Waals surface area contributed by atoms with Gasteiger partial charge in [-0.2, -0.15) is 0 Å². The molecule has 0 bridgehead atoms. The van der Waals surface area contributed by atoms with E-state index >= 15 is 0 Å². The van der Waals surface area contributed by atoms with Crippen LogP contribution in [-0.4, -0.2) is 42.6 Å². The molecular formula is C25H25N3O4. The van der Waals surface area contributed by atoms with Gasteiger partial charge in [-0.05, 0) is 54.8 Å². The van der Waals surface area contributed by atoms with Gasteiger partial charge >= 0.3 is 0 Å². The molecule has 2 aromatic carbocycles. The van der Waals surface area contributed by atoms with Gasteiger partial charge in [0, 0.05) is 26.6 Å². The summed E-state index contributed by atoms with van der Waals surface area (Å²) in [5.41, 5.74) is 2.57. The van der Waals surface area contributed by atoms with Crippen LogP contribution in [0.4, 0.5) is 5.82 Å². The summed E-state index contributed by atoms with van der Waals surface area (Å²) >= 11 is 0. The first-order valence-corrected chi connectivity index (χ1v) is 10.5. The summed E-state index contributed by atoms with van der Waals surface area (Å²) in [5.74, 6) is 1.75. The van der Waals surface area contributed by atoms with Crippen LogP contribution in [0.15, 0.2) is 60.7 Å². The van der Waals surface area contributed by atoms with Gasteiger partial charge < -0.3 is 19.7 Å². The molecule has 2 aliphatic rings. The number of rotatable bonds is 5. The van der Waals surface area contributed by atoms with E-state index in [1.165, 1.54) is 4.90 Å². The molecule has 3 aromatic rings. The third-order valence-corrected chi connectivity index (χ3v) is 5.93. The quantitative estimate of drug-likeness (QED) is 0.658. The van der Waals surface area contributed by atoms with Crippen molar-refractivity contribution in [3.63, 3.8) is 0 Å². The van der Waals surface area contributed by atoms with Crippen molar-refractivity contribution in [2.45, 2.75) is 18.3 Å². The first kappa shape index (κ1) is 20.1. The predicted molar refractivity (Wildman–Crippen MR) is 122 cm³/mol. The number of hydrogen-bond donors (Lipinski definition) is 1. The number of nitrogens with one attached hydrogen (secondary N) is 1. The van der Waals surface area contributed by atoms with E-state index in [4.69, 9.17) is 9.47 Å². The highest BCUT2D eigenvalue weighted by atomic mass is 16.7. The number of anilines is 1. The lowest BCUT2D eigenvalue weighted by atomic mass is 9.94. The molecule has 164 valence electrons. The molecule has 2 amide bonds. The summed E-state index contributed by atoms with van der Waals surface area (Å²) in [5, 5.41) is 2.98. The maximum absolute atomic E-state index is 13.2. The predicted octanol–water partition coefficient (Wildman–Crippen LogP) is 4.10. The van der Waals surface area contributed by atoms with Crippen molar-refractivity contribution in [2.24, 2.45) is 0 Å². The largest absolute Gasteiger partial charge is 0.454 e. The zero-order valence-corrected chi connectivity index (χ0v) is 17.9. The summed E-state index contributed by atoms with van der Waals surface area (Å²) in [4.78, 5) is 31.4. The fraction of sp³-hybridized carbons (Fsp3) is 0.240. The number of benzene rings is 2. The summed E-state index contributed by atoms with van der Waals surface area (Å²) in [7, 11) is 3.44. The third kappa shape index (κ3) is 3.56. The highest BCUT2D eigenvalue weighted by molar-refractivity contribution is 6.01. The van der Waals surface area contributed by atoms with Crippen LogP contribution in [0.5, 0.6) is 11.5 Å². The second kappa shape index (κ2) is 7.67. The number of ether oxygens (including phenoxy) is 2. The van der Waals surface area contributed by atoms with Gasteiger partial charge in [0.15, 0.2) is 11.5 Å². The minimum Gasteiger partial charge on any atom is -0.454 e. The van der Waals surface area contributed by atoms with E-state index < -0.39 is 5.41 Å². The topological polar surface area (TPSA) is 80.8 Å². The molecule has 7 heteroatoms. The average Bonchev–Trinajstić information content (AvgIpc) is 3.49. The lowest BCUT2D eigenvalue weighted by molar-refractivity contribution is -0.118. The van der Waals surface area contributed by atoms with E-state index in [-0.39, 0.29) is 20.0 Å². The first-order valence-electron chi connectivity index (χ1n) is 10.5. The number of carbonyl (C=O) groups excluding carboxylic acids is 2. The van der Waals surface area contributed by atoms with E-state index in [2.05, 4.69) is 10.3 Å². The Morgan fingerprint density at radius 2 is 1.75 bits per heavy atom. The van der Waals surface area contributed by atoms with Gasteiger partial charge in [-0.1, -0.05) is 24.3 Å². The van der Waals surface area contributed by atoms with Crippen LogP contribution in [-0.2, 0) is 10.2 Å². The fourth-order valence-corrected chi connectivity index (χ4v) is 3.91. The Bertz CT molecular complexity index is 1210. The Balaban J connectivity index is 0.00000259. The van der Waals surface area contributed by atoms with Gasteiger partial charge in [-0.25, -0.2) is 4.98 Å². The summed E-state index contributed by atoms with van der Waals surface area (Å²) in [6.07, 6.45) is 1.55. The van der Waals surface area contributed by atoms with Crippen molar-refractivity contribution in [3.8, 4) is 22.8 Å². The van der Waals surface area contributed by atoms with Crippen molar-refractivity contribution in [2.75, 3.05) is 26.2 Å². The molecular weight excluding hydrogens is 406 g/mol. The van der Waals surface area contributed by atoms with Gasteiger partial charge in [0.05, 0.1) is 11.1 Å². The fourth-order valence-electron chi connectivity index (χ4n) is 3.91. The van der Waals surface area contributed by atoms with E-state index in [9.17, 15) is 9.59 Å². The molecule has 1 fully saturated rings. The standard InChI is InChI=1S/C25H23N3O4.H2/c1-28(2)23(29)17-8-6-16(7-9-17)19-4-3-5-22(26-19)27-24(30)25(12-13-25)18-10-11-20-21(14-18)32-15-31-20;/h3-11,14H,12-13,15H2,1-2H3,(H,26,27,30);1H. The molecule has 0 atom stereocenters. The monoisotopic (exact) mass is 431 g/mol. The zero-order valence-electron chi connectivity index (χ0n) is 17.9. The average molecular weight is 431 g/mol. The molecule has 1 N–H and O–H groups in total. The van der Waals surface area contributed by atoms with Gasteiger partial charge in [0.1, 0.15) is 5.82 Å². The Hall–Kier alpha value is -3.87. The van der Waals surface area contributed by atoms with Crippen LogP contribution in [0, 0.1) is 0 Å². The van der Waals surface area contributed by atoms with Gasteiger partial charge in [0.25, 0.3) is 5.91 Å². The van der Waals surface area contributed by atoms with Crippen molar-refractivity contribution in [1.29, 1.82) is 0 Å². The van der Waals surface area contributed by atoms with Gasteiger partial charge in [-0.3, -0.25) is 9.59 Å². The minimum atomic E-state index is -0.563. The van der Waals surface area contributed by atoms with E-state index in [0.717, 1.165) is 29.7 Å². The molecule has 1 aliphatic heterocycles. The van der Waals surface area contributed by atoms with Crippen molar-refractivity contribution in [3.05, 3.63) is 71.8 Å². The summed E-state index contributed by atoms with van der Waals surface area (Å²) in [6, 6.07) is 18.5. The number of carbonyl (C=O) groups is 2. The Morgan fingerprint density at radius 3 is 2.47 bits per heavy atom. The third-order valence-electron chi connectivity index (χ3n) is 5.93. The maximum atomic E-state index is 13.2. The zero-order chi connectivity index (χ0) is 22.3. The number of aromatic nitrogens is 1. The molecule has 1 aromatic heterocycles. The maximum Gasteiger partial charge on any atom is 0.253 e. The molecule has 0 radical (unpaired) electrons. The summed E-state index contributed by atoms with van der Waals surface area (Å²) in [6.45, 7) is 0.207. The number of hydrogen-bond acceptors (Lipinski definition) is 5. The van der Waals surface area contributed by atoms with Gasteiger partial charge in [0.2, 0.25) is 12.7 Å². The molecule has 0 spiro atoms. The van der Waals surface area contributed by atoms with E-state index in [1.54, 1.807) is 32.3 Å². The van der Waals surface area contributed by atoms with Crippen LogP contribution in [0.1, 0.15) is 30.2 Å². The summed E-state index contributed by atoms with van der Waals surface area (Å²) < 4.78 is 10.8. The molecule has 32 heavy (non-hydrogen) atoms. The van der Waals surface area contributed by atoms with Crippen molar-refractivity contribution in [1.82, 2.24) is 9.88 Å². The lowest BCUT2D eigenvalue weighted by Gasteiger charge is -2.16. The normalized spacial score (nSPS) is 15.2. The highest BCUT2D eigenvalue weighted by Crippen LogP contribution is 2.51. The molecule has 7 nitrogen and oxygen atoms in total. The van der Waals surface area contributed by atoms with Crippen LogP contribution < -0.4 is 14.8 Å². The van der Waals surface area contributed by atoms with Crippen LogP contribution in [0.25, 0.3) is 11.3 Å². The number of fused-ring (bicyclic) bond motifs is 1. The van der Waals surface area contributed by atoms with Gasteiger partial charge in [-0.15, -0.1) is 0 Å². The van der Waals surface area contributed by atoms with Crippen molar-refractivity contribution >= 4 is 17.6 Å². The Morgan fingerprint density at radius 1 is 1.00 bits per heavy atom. The second-order valence-electron chi connectivity index (χ2n) is 8.29. The smallest absolute Gasteiger partial charge is 0.253 e. The van der Waals surface area contributed by atoms with Crippen LogP contribution in [0.2, 0.25) is 0 Å². The van der Waals surface area contributed by atoms with E-state index in [0.29, 0.717) is 22.9 Å². The Kier molecular flexibility index (Phi) is 4.81. The van der Waals surface area contributed by atoms with Crippen LogP contribution >= 0.6 is 0 Å². The number of nitrogens with zero attached hydrogens (tertiary/aromatic N) is 2.